The van der Waals surface area contributed by atoms with Crippen LogP contribution in [0.1, 0.15) is 16.1 Å². The van der Waals surface area contributed by atoms with Crippen molar-refractivity contribution in [3.8, 4) is 0 Å². The number of hydrogen-bond acceptors (Lipinski definition) is 4. The van der Waals surface area contributed by atoms with Crippen molar-refractivity contribution in [2.24, 2.45) is 5.92 Å². The van der Waals surface area contributed by atoms with Crippen molar-refractivity contribution >= 4 is 16.8 Å². The molecule has 1 aliphatic rings. The van der Waals surface area contributed by atoms with Crippen molar-refractivity contribution in [3.63, 3.8) is 0 Å². The quantitative estimate of drug-likeness (QED) is 0.737. The van der Waals surface area contributed by atoms with E-state index in [4.69, 9.17) is 4.74 Å². The fraction of sp³-hybridized carbons (Fsp3) is 0.316. The number of carbonyl (C=O) groups is 1. The average Bonchev–Trinajstić information content (AvgIpc) is 2.99. The summed E-state index contributed by atoms with van der Waals surface area (Å²) in [6, 6.07) is 9.53. The lowest BCUT2D eigenvalue weighted by Gasteiger charge is -2.24. The number of carbonyl (C=O) groups excluding carboxylic acids is 1. The van der Waals surface area contributed by atoms with Gasteiger partial charge in [-0.2, -0.15) is 0 Å². The lowest BCUT2D eigenvalue weighted by molar-refractivity contribution is 0.0667. The maximum atomic E-state index is 13.1. The van der Waals surface area contributed by atoms with Gasteiger partial charge in [-0.25, -0.2) is 4.98 Å². The largest absolute Gasteiger partial charge is 0.384 e. The zero-order valence-electron chi connectivity index (χ0n) is 14.1. The monoisotopic (exact) mass is 336 g/mol. The molecule has 1 aromatic carbocycles. The second-order valence-corrected chi connectivity index (χ2v) is 6.46. The van der Waals surface area contributed by atoms with E-state index in [0.29, 0.717) is 25.3 Å². The Morgan fingerprint density at radius 1 is 1.32 bits per heavy atom. The Balaban J connectivity index is 1.65. The molecule has 6 heteroatoms. The molecular weight excluding hydrogens is 316 g/mol. The number of benzene rings is 1. The van der Waals surface area contributed by atoms with E-state index >= 15 is 0 Å². The molecule has 1 atom stereocenters. The summed E-state index contributed by atoms with van der Waals surface area (Å²) in [5, 5.41) is 0.974. The molecular formula is C19H20N4O2. The van der Waals surface area contributed by atoms with Crippen molar-refractivity contribution in [1.82, 2.24) is 19.4 Å². The smallest absolute Gasteiger partial charge is 0.254 e. The van der Waals surface area contributed by atoms with Gasteiger partial charge >= 0.3 is 0 Å². The number of aromatic nitrogens is 3. The fourth-order valence-corrected chi connectivity index (χ4v) is 3.44. The van der Waals surface area contributed by atoms with Crippen LogP contribution in [-0.2, 0) is 17.8 Å². The Labute approximate surface area is 146 Å². The molecule has 3 aromatic rings. The van der Waals surface area contributed by atoms with Crippen molar-refractivity contribution in [3.05, 3.63) is 60.3 Å². The van der Waals surface area contributed by atoms with Crippen LogP contribution in [0.3, 0.4) is 0 Å². The molecule has 6 nitrogen and oxygen atoms in total. The first kappa shape index (κ1) is 15.8. The molecule has 25 heavy (non-hydrogen) atoms. The number of ether oxygens (including phenoxy) is 1. The standard InChI is InChI=1S/C19H20N4O2/c1-25-12-14-9-22(11-17-8-20-13-23(17)10-14)19(24)16-4-5-18-15(7-16)3-2-6-21-18/h2-8,13-14H,9-12H2,1H3. The lowest BCUT2D eigenvalue weighted by atomic mass is 10.1. The third-order valence-corrected chi connectivity index (χ3v) is 4.62. The van der Waals surface area contributed by atoms with Gasteiger partial charge < -0.3 is 14.2 Å². The van der Waals surface area contributed by atoms with E-state index in [1.807, 2.05) is 47.8 Å². The number of amides is 1. The van der Waals surface area contributed by atoms with E-state index in [2.05, 4.69) is 14.5 Å². The van der Waals surface area contributed by atoms with E-state index in [9.17, 15) is 4.79 Å². The highest BCUT2D eigenvalue weighted by atomic mass is 16.5. The molecule has 1 aliphatic heterocycles. The van der Waals surface area contributed by atoms with Gasteiger partial charge in [-0.05, 0) is 24.3 Å². The number of fused-ring (bicyclic) bond motifs is 2. The number of imidazole rings is 1. The predicted molar refractivity (Wildman–Crippen MR) is 94.1 cm³/mol. The minimum Gasteiger partial charge on any atom is -0.384 e. The molecule has 128 valence electrons. The Morgan fingerprint density at radius 2 is 2.24 bits per heavy atom. The second kappa shape index (κ2) is 6.64. The lowest BCUT2D eigenvalue weighted by Crippen LogP contribution is -2.35. The molecule has 2 aromatic heterocycles. The number of rotatable bonds is 3. The molecule has 0 saturated heterocycles. The second-order valence-electron chi connectivity index (χ2n) is 6.46. The molecule has 1 amide bonds. The number of methoxy groups -OCH3 is 1. The van der Waals surface area contributed by atoms with Gasteiger partial charge in [0.05, 0.1) is 30.7 Å². The van der Waals surface area contributed by atoms with Crippen LogP contribution in [0.25, 0.3) is 10.9 Å². The van der Waals surface area contributed by atoms with Crippen LogP contribution < -0.4 is 0 Å². The Kier molecular flexibility index (Phi) is 4.19. The minimum absolute atomic E-state index is 0.0292. The first-order valence-electron chi connectivity index (χ1n) is 8.36. The van der Waals surface area contributed by atoms with Gasteiger partial charge in [0.25, 0.3) is 5.91 Å². The highest BCUT2D eigenvalue weighted by Crippen LogP contribution is 2.20. The highest BCUT2D eigenvalue weighted by molar-refractivity contribution is 5.97. The van der Waals surface area contributed by atoms with Crippen LogP contribution in [0.4, 0.5) is 0 Å². The molecule has 4 rings (SSSR count). The first-order valence-corrected chi connectivity index (χ1v) is 8.36. The van der Waals surface area contributed by atoms with Gasteiger partial charge in [0, 0.05) is 49.5 Å². The van der Waals surface area contributed by atoms with Gasteiger partial charge in [0.2, 0.25) is 0 Å². The summed E-state index contributed by atoms with van der Waals surface area (Å²) >= 11 is 0. The van der Waals surface area contributed by atoms with Gasteiger partial charge in [0.15, 0.2) is 0 Å². The zero-order chi connectivity index (χ0) is 17.2. The third kappa shape index (κ3) is 3.13. The highest BCUT2D eigenvalue weighted by Gasteiger charge is 2.26. The van der Waals surface area contributed by atoms with Gasteiger partial charge in [-0.3, -0.25) is 9.78 Å². The number of hydrogen-bond donors (Lipinski definition) is 0. The molecule has 0 spiro atoms. The summed E-state index contributed by atoms with van der Waals surface area (Å²) < 4.78 is 7.45. The van der Waals surface area contributed by atoms with Crippen LogP contribution >= 0.6 is 0 Å². The summed E-state index contributed by atoms with van der Waals surface area (Å²) in [6.45, 7) is 2.65. The molecule has 1 unspecified atom stereocenters. The summed E-state index contributed by atoms with van der Waals surface area (Å²) in [5.74, 6) is 0.271. The van der Waals surface area contributed by atoms with E-state index in [0.717, 1.165) is 23.1 Å². The number of nitrogens with zero attached hydrogens (tertiary/aromatic N) is 4. The van der Waals surface area contributed by atoms with Crippen molar-refractivity contribution in [2.75, 3.05) is 20.3 Å². The molecule has 3 heterocycles. The van der Waals surface area contributed by atoms with Crippen LogP contribution in [-0.4, -0.2) is 45.6 Å². The summed E-state index contributed by atoms with van der Waals surface area (Å²) in [6.07, 6.45) is 5.42. The predicted octanol–water partition coefficient (Wildman–Crippen LogP) is 2.35. The van der Waals surface area contributed by atoms with Crippen LogP contribution in [0, 0.1) is 5.92 Å². The fourth-order valence-electron chi connectivity index (χ4n) is 3.44. The summed E-state index contributed by atoms with van der Waals surface area (Å²) in [7, 11) is 1.70. The average molecular weight is 336 g/mol. The molecule has 0 bridgehead atoms. The van der Waals surface area contributed by atoms with Crippen LogP contribution in [0.5, 0.6) is 0 Å². The van der Waals surface area contributed by atoms with Gasteiger partial charge in [0.1, 0.15) is 0 Å². The Bertz CT molecular complexity index is 905. The number of pyridine rings is 1. The molecule has 0 saturated carbocycles. The van der Waals surface area contributed by atoms with Gasteiger partial charge in [-0.1, -0.05) is 6.07 Å². The van der Waals surface area contributed by atoms with Crippen molar-refractivity contribution in [1.29, 1.82) is 0 Å². The minimum atomic E-state index is 0.0292. The maximum Gasteiger partial charge on any atom is 0.254 e. The Morgan fingerprint density at radius 3 is 3.12 bits per heavy atom. The normalized spacial score (nSPS) is 17.3. The van der Waals surface area contributed by atoms with Crippen LogP contribution in [0.15, 0.2) is 49.1 Å². The molecule has 0 aliphatic carbocycles. The van der Waals surface area contributed by atoms with Crippen LogP contribution in [0.2, 0.25) is 0 Å². The topological polar surface area (TPSA) is 60.2 Å². The van der Waals surface area contributed by atoms with E-state index in [1.165, 1.54) is 0 Å². The van der Waals surface area contributed by atoms with E-state index < -0.39 is 0 Å². The summed E-state index contributed by atoms with van der Waals surface area (Å²) in [5.41, 5.74) is 2.63. The molecule has 0 radical (unpaired) electrons. The molecule has 0 N–H and O–H groups in total. The first-order chi connectivity index (χ1) is 12.2. The Hall–Kier alpha value is -2.73. The van der Waals surface area contributed by atoms with Gasteiger partial charge in [-0.15, -0.1) is 0 Å². The summed E-state index contributed by atoms with van der Waals surface area (Å²) in [4.78, 5) is 23.5. The zero-order valence-corrected chi connectivity index (χ0v) is 14.1. The van der Waals surface area contributed by atoms with E-state index in [1.54, 1.807) is 13.3 Å². The molecule has 0 fully saturated rings. The third-order valence-electron chi connectivity index (χ3n) is 4.62. The maximum absolute atomic E-state index is 13.1. The van der Waals surface area contributed by atoms with Crippen molar-refractivity contribution < 1.29 is 9.53 Å². The van der Waals surface area contributed by atoms with Crippen molar-refractivity contribution in [2.45, 2.75) is 13.1 Å². The van der Waals surface area contributed by atoms with E-state index in [-0.39, 0.29) is 11.8 Å². The SMILES string of the molecule is COCC1CN(C(=O)c2ccc3ncccc3c2)Cc2cncn2C1.